The number of rotatable bonds is 5. The predicted octanol–water partition coefficient (Wildman–Crippen LogP) is 5.06. The molecule has 5 fully saturated rings. The summed E-state index contributed by atoms with van der Waals surface area (Å²) in [5.41, 5.74) is -1.09. The number of esters is 2. The Bertz CT molecular complexity index is 952. The van der Waals surface area contributed by atoms with Crippen LogP contribution in [-0.4, -0.2) is 53.0 Å². The summed E-state index contributed by atoms with van der Waals surface area (Å²) in [5, 5.41) is 0. The van der Waals surface area contributed by atoms with E-state index in [4.69, 9.17) is 18.3 Å². The van der Waals surface area contributed by atoms with Gasteiger partial charge >= 0.3 is 11.9 Å². The number of fused-ring (bicyclic) bond motifs is 1. The lowest BCUT2D eigenvalue weighted by Gasteiger charge is -2.48. The van der Waals surface area contributed by atoms with E-state index in [0.29, 0.717) is 0 Å². The fourth-order valence-electron chi connectivity index (χ4n) is 9.07. The highest BCUT2D eigenvalue weighted by Crippen LogP contribution is 2.79. The van der Waals surface area contributed by atoms with Gasteiger partial charge in [-0.25, -0.2) is 0 Å². The Kier molecular flexibility index (Phi) is 5.14. The SMILES string of the molecule is C=C1CC23C[C@@]1(O[Si](C)(C)C)CCC2[C@@]12CCC(O[Si](C)(C)C)[C@@](C)(C(=O)O1)C2C3C(=O)OC. The molecule has 5 aliphatic rings. The lowest BCUT2D eigenvalue weighted by Crippen LogP contribution is -2.56. The molecule has 8 atom stereocenters. The van der Waals surface area contributed by atoms with Gasteiger partial charge in [-0.2, -0.15) is 0 Å². The Morgan fingerprint density at radius 2 is 1.76 bits per heavy atom. The van der Waals surface area contributed by atoms with E-state index in [9.17, 15) is 9.59 Å². The summed E-state index contributed by atoms with van der Waals surface area (Å²) in [6.07, 6.45) is 4.60. The van der Waals surface area contributed by atoms with E-state index >= 15 is 0 Å². The van der Waals surface area contributed by atoms with Crippen molar-refractivity contribution in [2.24, 2.45) is 28.6 Å². The fraction of sp³-hybridized carbons (Fsp3) is 0.846. The Hall–Kier alpha value is -0.966. The minimum atomic E-state index is -1.92. The highest BCUT2D eigenvalue weighted by molar-refractivity contribution is 6.70. The van der Waals surface area contributed by atoms with Crippen molar-refractivity contribution in [3.05, 3.63) is 12.2 Å². The van der Waals surface area contributed by atoms with Crippen molar-refractivity contribution in [3.63, 3.8) is 0 Å². The van der Waals surface area contributed by atoms with Gasteiger partial charge in [-0.15, -0.1) is 0 Å². The second-order valence-corrected chi connectivity index (χ2v) is 22.7. The van der Waals surface area contributed by atoms with Crippen molar-refractivity contribution in [1.29, 1.82) is 0 Å². The summed E-state index contributed by atoms with van der Waals surface area (Å²) in [7, 11) is -2.31. The van der Waals surface area contributed by atoms with E-state index in [2.05, 4.69) is 45.9 Å². The molecule has 5 unspecified atom stereocenters. The van der Waals surface area contributed by atoms with Gasteiger partial charge in [-0.1, -0.05) is 6.58 Å². The maximum Gasteiger partial charge on any atom is 0.315 e. The van der Waals surface area contributed by atoms with E-state index in [1.807, 2.05) is 6.92 Å². The zero-order valence-corrected chi connectivity index (χ0v) is 24.2. The third-order valence-corrected chi connectivity index (χ3v) is 11.7. The van der Waals surface area contributed by atoms with Gasteiger partial charge in [0, 0.05) is 11.8 Å². The molecule has 1 spiro atoms. The lowest BCUT2D eigenvalue weighted by molar-refractivity contribution is -0.164. The molecular weight excluding hydrogens is 464 g/mol. The van der Waals surface area contributed by atoms with E-state index in [1.165, 1.54) is 7.11 Å². The summed E-state index contributed by atoms with van der Waals surface area (Å²) in [4.78, 5) is 27.3. The van der Waals surface area contributed by atoms with Crippen LogP contribution in [0.3, 0.4) is 0 Å². The molecule has 0 aromatic heterocycles. The highest BCUT2D eigenvalue weighted by Gasteiger charge is 2.84. The van der Waals surface area contributed by atoms with Gasteiger partial charge in [0.25, 0.3) is 0 Å². The minimum absolute atomic E-state index is 0.116. The van der Waals surface area contributed by atoms with Crippen molar-refractivity contribution in [2.75, 3.05) is 7.11 Å². The molecular formula is C26H42O6Si2. The first-order valence-electron chi connectivity index (χ1n) is 12.9. The van der Waals surface area contributed by atoms with Crippen LogP contribution in [0.15, 0.2) is 12.2 Å². The predicted molar refractivity (Wildman–Crippen MR) is 134 cm³/mol. The van der Waals surface area contributed by atoms with Crippen molar-refractivity contribution < 1.29 is 27.9 Å². The third-order valence-electron chi connectivity index (χ3n) is 9.69. The number of hydrogen-bond donors (Lipinski definition) is 0. The smallest absolute Gasteiger partial charge is 0.315 e. The largest absolute Gasteiger partial charge is 0.469 e. The summed E-state index contributed by atoms with van der Waals surface area (Å²) in [6, 6.07) is 0. The molecule has 5 rings (SSSR count). The Morgan fingerprint density at radius 1 is 1.09 bits per heavy atom. The zero-order chi connectivity index (χ0) is 25.1. The number of hydrogen-bond acceptors (Lipinski definition) is 6. The Labute approximate surface area is 206 Å². The van der Waals surface area contributed by atoms with Gasteiger partial charge in [-0.05, 0) is 95.7 Å². The summed E-state index contributed by atoms with van der Waals surface area (Å²) in [5.74, 6) is -0.947. The Morgan fingerprint density at radius 3 is 2.35 bits per heavy atom. The number of carbonyl (C=O) groups excluding carboxylic acids is 2. The van der Waals surface area contributed by atoms with Crippen LogP contribution in [0.25, 0.3) is 0 Å². The lowest BCUT2D eigenvalue weighted by atomic mass is 9.59. The molecule has 4 saturated carbocycles. The van der Waals surface area contributed by atoms with Crippen LogP contribution in [0.1, 0.15) is 45.4 Å². The molecule has 4 bridgehead atoms. The highest BCUT2D eigenvalue weighted by atomic mass is 28.4. The fourth-order valence-corrected chi connectivity index (χ4v) is 11.8. The average Bonchev–Trinajstić information content (AvgIpc) is 3.12. The van der Waals surface area contributed by atoms with Crippen LogP contribution in [0, 0.1) is 28.6 Å². The summed E-state index contributed by atoms with van der Waals surface area (Å²) in [6.45, 7) is 19.7. The molecule has 34 heavy (non-hydrogen) atoms. The van der Waals surface area contributed by atoms with E-state index in [0.717, 1.165) is 44.1 Å². The molecule has 6 nitrogen and oxygen atoms in total. The molecule has 4 aliphatic carbocycles. The second-order valence-electron chi connectivity index (χ2n) is 13.9. The molecule has 8 heteroatoms. The van der Waals surface area contributed by atoms with Gasteiger partial charge in [0.2, 0.25) is 0 Å². The molecule has 0 aromatic rings. The van der Waals surface area contributed by atoms with Crippen LogP contribution in [0.2, 0.25) is 39.3 Å². The van der Waals surface area contributed by atoms with Crippen molar-refractivity contribution in [3.8, 4) is 0 Å². The van der Waals surface area contributed by atoms with Crippen LogP contribution < -0.4 is 0 Å². The van der Waals surface area contributed by atoms with Crippen molar-refractivity contribution in [1.82, 2.24) is 0 Å². The minimum Gasteiger partial charge on any atom is -0.469 e. The van der Waals surface area contributed by atoms with Crippen molar-refractivity contribution in [2.45, 2.75) is 102 Å². The number of ether oxygens (including phenoxy) is 2. The maximum atomic E-state index is 13.7. The maximum absolute atomic E-state index is 13.7. The van der Waals surface area contributed by atoms with E-state index < -0.39 is 33.6 Å². The number of methoxy groups -OCH3 is 1. The first-order chi connectivity index (χ1) is 15.5. The normalized spacial score (nSPS) is 47.3. The molecule has 0 aromatic carbocycles. The molecule has 1 saturated heterocycles. The first kappa shape index (κ1) is 24.7. The molecule has 0 amide bonds. The summed E-state index contributed by atoms with van der Waals surface area (Å²) < 4.78 is 25.5. The topological polar surface area (TPSA) is 71.1 Å². The van der Waals surface area contributed by atoms with Gasteiger partial charge in [0.15, 0.2) is 16.6 Å². The van der Waals surface area contributed by atoms with Crippen LogP contribution in [0.5, 0.6) is 0 Å². The van der Waals surface area contributed by atoms with Gasteiger partial charge in [-0.3, -0.25) is 9.59 Å². The second kappa shape index (κ2) is 7.08. The zero-order valence-electron chi connectivity index (χ0n) is 22.2. The average molecular weight is 507 g/mol. The van der Waals surface area contributed by atoms with E-state index in [1.54, 1.807) is 0 Å². The first-order valence-corrected chi connectivity index (χ1v) is 19.7. The number of carbonyl (C=O) groups is 2. The Balaban J connectivity index is 1.65. The molecule has 1 aliphatic heterocycles. The van der Waals surface area contributed by atoms with Crippen molar-refractivity contribution >= 4 is 28.6 Å². The van der Waals surface area contributed by atoms with Crippen LogP contribution >= 0.6 is 0 Å². The quantitative estimate of drug-likeness (QED) is 0.295. The van der Waals surface area contributed by atoms with Crippen LogP contribution in [-0.2, 0) is 27.9 Å². The standard InChI is InChI=1S/C26H42O6Si2/c1-16-14-24-15-25(16,32-34(7,8)9)12-10-17(24)26-13-11-18(31-33(4,5)6)23(2,22(28)30-26)20(26)19(24)21(27)29-3/h17-20H,1,10-15H2,2-9H3/t17?,18?,19?,20?,23-,24?,25+,26-/m1/s1. The van der Waals surface area contributed by atoms with Gasteiger partial charge in [0.1, 0.15) is 5.60 Å². The molecule has 1 heterocycles. The van der Waals surface area contributed by atoms with Gasteiger partial charge < -0.3 is 18.3 Å². The molecule has 190 valence electrons. The van der Waals surface area contributed by atoms with Crippen LogP contribution in [0.4, 0.5) is 0 Å². The third kappa shape index (κ3) is 3.04. The van der Waals surface area contributed by atoms with E-state index in [-0.39, 0.29) is 40.9 Å². The van der Waals surface area contributed by atoms with Gasteiger partial charge in [0.05, 0.1) is 30.1 Å². The summed E-state index contributed by atoms with van der Waals surface area (Å²) >= 11 is 0. The monoisotopic (exact) mass is 506 g/mol. The molecule has 0 N–H and O–H groups in total. The molecule has 0 radical (unpaired) electrons.